The second-order valence-corrected chi connectivity index (χ2v) is 5.36. The molecule has 0 atom stereocenters. The van der Waals surface area contributed by atoms with E-state index in [1.807, 2.05) is 0 Å². The largest absolute Gasteiger partial charge is 0.396 e. The van der Waals surface area contributed by atoms with Crippen LogP contribution in [0.2, 0.25) is 0 Å². The third kappa shape index (κ3) is 3.28. The second kappa shape index (κ2) is 5.94. The molecule has 2 rings (SSSR count). The van der Waals surface area contributed by atoms with E-state index in [1.54, 1.807) is 30.1 Å². The summed E-state index contributed by atoms with van der Waals surface area (Å²) in [5.41, 5.74) is 6.11. The summed E-state index contributed by atoms with van der Waals surface area (Å²) < 4.78 is 1.54. The Morgan fingerprint density at radius 1 is 1.40 bits per heavy atom. The van der Waals surface area contributed by atoms with Gasteiger partial charge in [-0.25, -0.2) is 0 Å². The van der Waals surface area contributed by atoms with E-state index in [4.69, 9.17) is 5.73 Å². The van der Waals surface area contributed by atoms with Crippen molar-refractivity contribution >= 4 is 17.5 Å². The second-order valence-electron chi connectivity index (χ2n) is 5.36. The van der Waals surface area contributed by atoms with Crippen LogP contribution in [0, 0.1) is 5.92 Å². The van der Waals surface area contributed by atoms with Gasteiger partial charge in [-0.2, -0.15) is 5.10 Å². The summed E-state index contributed by atoms with van der Waals surface area (Å²) in [7, 11) is 3.53. The van der Waals surface area contributed by atoms with Crippen molar-refractivity contribution in [3.8, 4) is 0 Å². The molecular weight excluding hydrogens is 258 g/mol. The summed E-state index contributed by atoms with van der Waals surface area (Å²) in [5, 5.41) is 4.00. The van der Waals surface area contributed by atoms with E-state index in [2.05, 4.69) is 5.10 Å². The van der Waals surface area contributed by atoms with E-state index in [9.17, 15) is 9.59 Å². The molecule has 2 heterocycles. The van der Waals surface area contributed by atoms with Gasteiger partial charge < -0.3 is 15.5 Å². The van der Waals surface area contributed by atoms with Crippen LogP contribution in [0.4, 0.5) is 5.69 Å². The number of piperidine rings is 1. The highest BCUT2D eigenvalue weighted by Crippen LogP contribution is 2.19. The maximum absolute atomic E-state index is 12.1. The van der Waals surface area contributed by atoms with E-state index < -0.39 is 0 Å². The van der Waals surface area contributed by atoms with Crippen molar-refractivity contribution in [2.45, 2.75) is 19.4 Å². The number of carbonyl (C=O) groups is 2. The lowest BCUT2D eigenvalue weighted by Gasteiger charge is -2.32. The van der Waals surface area contributed by atoms with Crippen LogP contribution in [0.3, 0.4) is 0 Å². The Morgan fingerprint density at radius 3 is 2.55 bits per heavy atom. The van der Waals surface area contributed by atoms with Gasteiger partial charge in [-0.1, -0.05) is 0 Å². The lowest BCUT2D eigenvalue weighted by molar-refractivity contribution is -0.139. The van der Waals surface area contributed by atoms with Crippen molar-refractivity contribution < 1.29 is 9.59 Å². The van der Waals surface area contributed by atoms with E-state index in [0.717, 1.165) is 12.8 Å². The highest BCUT2D eigenvalue weighted by atomic mass is 16.2. The number of amides is 2. The predicted molar refractivity (Wildman–Crippen MR) is 74.6 cm³/mol. The molecule has 2 N–H and O–H groups in total. The van der Waals surface area contributed by atoms with Gasteiger partial charge in [0.15, 0.2) is 0 Å². The van der Waals surface area contributed by atoms with Crippen LogP contribution in [0.15, 0.2) is 12.4 Å². The van der Waals surface area contributed by atoms with Gasteiger partial charge in [0.05, 0.1) is 11.9 Å². The van der Waals surface area contributed by atoms with Crippen LogP contribution in [0.5, 0.6) is 0 Å². The molecule has 20 heavy (non-hydrogen) atoms. The predicted octanol–water partition coefficient (Wildman–Crippen LogP) is -0.208. The van der Waals surface area contributed by atoms with Crippen molar-refractivity contribution in [2.75, 3.05) is 32.9 Å². The van der Waals surface area contributed by atoms with Gasteiger partial charge in [0, 0.05) is 39.3 Å². The number of nitrogens with zero attached hydrogens (tertiary/aromatic N) is 4. The average Bonchev–Trinajstić information content (AvgIpc) is 2.83. The van der Waals surface area contributed by atoms with Gasteiger partial charge in [-0.05, 0) is 12.8 Å². The Hall–Kier alpha value is -2.05. The normalized spacial score (nSPS) is 16.2. The minimum absolute atomic E-state index is 0.0175. The summed E-state index contributed by atoms with van der Waals surface area (Å²) in [6, 6.07) is 0. The van der Waals surface area contributed by atoms with Gasteiger partial charge in [0.25, 0.3) is 0 Å². The third-order valence-electron chi connectivity index (χ3n) is 3.59. The molecule has 0 aromatic carbocycles. The van der Waals surface area contributed by atoms with Crippen molar-refractivity contribution in [1.82, 2.24) is 19.6 Å². The number of carbonyl (C=O) groups excluding carboxylic acids is 2. The van der Waals surface area contributed by atoms with Crippen LogP contribution in [0.25, 0.3) is 0 Å². The Labute approximate surface area is 118 Å². The van der Waals surface area contributed by atoms with Gasteiger partial charge in [0.2, 0.25) is 11.8 Å². The quantitative estimate of drug-likeness (QED) is 0.830. The number of aromatic nitrogens is 2. The van der Waals surface area contributed by atoms with Crippen molar-refractivity contribution in [3.05, 3.63) is 12.4 Å². The van der Waals surface area contributed by atoms with Gasteiger partial charge in [-0.15, -0.1) is 0 Å². The molecule has 0 aliphatic carbocycles. The fourth-order valence-corrected chi connectivity index (χ4v) is 2.45. The molecule has 7 heteroatoms. The van der Waals surface area contributed by atoms with E-state index in [1.165, 1.54) is 10.9 Å². The summed E-state index contributed by atoms with van der Waals surface area (Å²) in [5.74, 6) is 0.204. The first kappa shape index (κ1) is 14.4. The molecule has 1 aliphatic rings. The van der Waals surface area contributed by atoms with Crippen LogP contribution in [-0.2, 0) is 16.1 Å². The van der Waals surface area contributed by atoms with Crippen LogP contribution < -0.4 is 5.73 Å². The molecule has 1 aromatic rings. The number of anilines is 1. The van der Waals surface area contributed by atoms with Gasteiger partial charge >= 0.3 is 0 Å². The zero-order valence-electron chi connectivity index (χ0n) is 12.0. The monoisotopic (exact) mass is 279 g/mol. The van der Waals surface area contributed by atoms with Crippen molar-refractivity contribution in [3.63, 3.8) is 0 Å². The Balaban J connectivity index is 1.84. The Morgan fingerprint density at radius 2 is 2.05 bits per heavy atom. The lowest BCUT2D eigenvalue weighted by Crippen LogP contribution is -2.43. The smallest absolute Gasteiger partial charge is 0.244 e. The van der Waals surface area contributed by atoms with Crippen LogP contribution >= 0.6 is 0 Å². The Bertz CT molecular complexity index is 489. The van der Waals surface area contributed by atoms with E-state index in [0.29, 0.717) is 18.8 Å². The molecule has 0 unspecified atom stereocenters. The van der Waals surface area contributed by atoms with Crippen LogP contribution in [-0.4, -0.2) is 58.6 Å². The first-order valence-corrected chi connectivity index (χ1v) is 6.74. The van der Waals surface area contributed by atoms with Crippen molar-refractivity contribution in [2.24, 2.45) is 5.92 Å². The van der Waals surface area contributed by atoms with Crippen LogP contribution in [0.1, 0.15) is 12.8 Å². The minimum atomic E-state index is 0.0175. The maximum Gasteiger partial charge on any atom is 0.244 e. The molecule has 0 saturated carbocycles. The van der Waals surface area contributed by atoms with Gasteiger partial charge in [0.1, 0.15) is 6.54 Å². The molecular formula is C13H21N5O2. The summed E-state index contributed by atoms with van der Waals surface area (Å²) in [6.07, 6.45) is 4.61. The first-order valence-electron chi connectivity index (χ1n) is 6.74. The van der Waals surface area contributed by atoms with E-state index >= 15 is 0 Å². The zero-order valence-corrected chi connectivity index (χ0v) is 12.0. The number of nitrogens with two attached hydrogens (primary N) is 1. The zero-order chi connectivity index (χ0) is 14.7. The molecule has 0 spiro atoms. The molecule has 110 valence electrons. The fourth-order valence-electron chi connectivity index (χ4n) is 2.45. The standard InChI is InChI=1S/C13H21N5O2/c1-16(2)13(20)10-3-5-17(6-4-10)12(19)9-18-8-11(14)7-15-18/h7-8,10H,3-6,9,14H2,1-2H3. The minimum Gasteiger partial charge on any atom is -0.396 e. The molecule has 1 saturated heterocycles. The maximum atomic E-state index is 12.1. The fraction of sp³-hybridized carbons (Fsp3) is 0.615. The Kier molecular flexibility index (Phi) is 4.26. The molecule has 1 aromatic heterocycles. The highest BCUT2D eigenvalue weighted by molar-refractivity contribution is 5.79. The molecule has 1 aliphatic heterocycles. The third-order valence-corrected chi connectivity index (χ3v) is 3.59. The summed E-state index contributed by atoms with van der Waals surface area (Å²) in [4.78, 5) is 27.4. The lowest BCUT2D eigenvalue weighted by atomic mass is 9.95. The number of rotatable bonds is 3. The number of nitrogen functional groups attached to an aromatic ring is 1. The van der Waals surface area contributed by atoms with Gasteiger partial charge in [-0.3, -0.25) is 14.3 Å². The molecule has 0 radical (unpaired) electrons. The topological polar surface area (TPSA) is 84.5 Å². The molecule has 0 bridgehead atoms. The number of hydrogen-bond donors (Lipinski definition) is 1. The number of hydrogen-bond acceptors (Lipinski definition) is 4. The average molecular weight is 279 g/mol. The highest BCUT2D eigenvalue weighted by Gasteiger charge is 2.28. The first-order chi connectivity index (χ1) is 9.47. The summed E-state index contributed by atoms with van der Waals surface area (Å²) >= 11 is 0. The molecule has 2 amide bonds. The van der Waals surface area contributed by atoms with Crippen molar-refractivity contribution in [1.29, 1.82) is 0 Å². The molecule has 1 fully saturated rings. The molecule has 7 nitrogen and oxygen atoms in total. The SMILES string of the molecule is CN(C)C(=O)C1CCN(C(=O)Cn2cc(N)cn2)CC1. The number of likely N-dealkylation sites (tertiary alicyclic amines) is 1. The summed E-state index contributed by atoms with van der Waals surface area (Å²) in [6.45, 7) is 1.45. The van der Waals surface area contributed by atoms with E-state index in [-0.39, 0.29) is 24.3 Å².